The van der Waals surface area contributed by atoms with Crippen LogP contribution in [0.3, 0.4) is 0 Å². The Labute approximate surface area is 207 Å². The first-order valence-corrected chi connectivity index (χ1v) is 12.5. The summed E-state index contributed by atoms with van der Waals surface area (Å²) in [5, 5.41) is 2.94. The quantitative estimate of drug-likeness (QED) is 0.421. The van der Waals surface area contributed by atoms with Gasteiger partial charge in [0, 0.05) is 29.6 Å². The van der Waals surface area contributed by atoms with Crippen molar-refractivity contribution in [3.63, 3.8) is 0 Å². The van der Waals surface area contributed by atoms with Gasteiger partial charge in [0.25, 0.3) is 5.91 Å². The summed E-state index contributed by atoms with van der Waals surface area (Å²) in [7, 11) is 0. The van der Waals surface area contributed by atoms with E-state index in [1.54, 1.807) is 16.2 Å². The molecule has 0 N–H and O–H groups in total. The number of nitrogens with zero attached hydrogens (tertiary/aromatic N) is 3. The molecular formula is C28H23N3O3S. The molecule has 2 aliphatic heterocycles. The Balaban J connectivity index is 1.25. The van der Waals surface area contributed by atoms with Gasteiger partial charge in [0.05, 0.1) is 11.4 Å². The lowest BCUT2D eigenvalue weighted by atomic mass is 10.00. The molecule has 3 heterocycles. The third-order valence-corrected chi connectivity index (χ3v) is 7.39. The van der Waals surface area contributed by atoms with Crippen LogP contribution in [0.25, 0.3) is 21.8 Å². The predicted octanol–water partition coefficient (Wildman–Crippen LogP) is 4.79. The lowest BCUT2D eigenvalue weighted by Crippen LogP contribution is -2.47. The number of carbonyl (C=O) groups is 2. The van der Waals surface area contributed by atoms with Gasteiger partial charge in [-0.2, -0.15) is 0 Å². The molecule has 174 valence electrons. The maximum absolute atomic E-state index is 13.2. The molecule has 4 aromatic rings. The van der Waals surface area contributed by atoms with Crippen molar-refractivity contribution in [2.24, 2.45) is 0 Å². The molecule has 0 spiro atoms. The largest absolute Gasteiger partial charge is 0.482 e. The number of rotatable bonds is 4. The average molecular weight is 482 g/mol. The van der Waals surface area contributed by atoms with Crippen molar-refractivity contribution < 1.29 is 14.3 Å². The number of thiazole rings is 1. The summed E-state index contributed by atoms with van der Waals surface area (Å²) in [6, 6.07) is 23.9. The van der Waals surface area contributed by atoms with Crippen molar-refractivity contribution in [2.45, 2.75) is 13.0 Å². The van der Waals surface area contributed by atoms with E-state index in [1.165, 1.54) is 11.1 Å². The Morgan fingerprint density at radius 2 is 1.77 bits per heavy atom. The van der Waals surface area contributed by atoms with Gasteiger partial charge in [-0.3, -0.25) is 14.5 Å². The van der Waals surface area contributed by atoms with Gasteiger partial charge in [0.15, 0.2) is 6.61 Å². The van der Waals surface area contributed by atoms with Crippen LogP contribution in [0.1, 0.15) is 11.1 Å². The van der Waals surface area contributed by atoms with Gasteiger partial charge in [0.1, 0.15) is 17.3 Å². The summed E-state index contributed by atoms with van der Waals surface area (Å²) in [6.07, 6.45) is 0.827. The smallest absolute Gasteiger partial charge is 0.265 e. The Morgan fingerprint density at radius 3 is 2.63 bits per heavy atom. The van der Waals surface area contributed by atoms with Crippen molar-refractivity contribution in [1.82, 2.24) is 9.88 Å². The number of hydrogen-bond donors (Lipinski definition) is 0. The van der Waals surface area contributed by atoms with Crippen molar-refractivity contribution in [3.05, 3.63) is 89.3 Å². The number of anilines is 1. The van der Waals surface area contributed by atoms with Gasteiger partial charge in [-0.05, 0) is 35.7 Å². The van der Waals surface area contributed by atoms with Crippen LogP contribution >= 0.6 is 11.3 Å². The standard InChI is InChI=1S/C28H23N3O3S/c32-26(30-13-12-19-6-4-5-9-22(19)15-30)16-31-24-14-21(10-11-25(24)34-17-27(31)33)23-18-35-28(29-23)20-7-2-1-3-8-20/h1-11,14,18H,12-13,15-17H2. The minimum absolute atomic E-state index is 0.00680. The number of hydrogen-bond acceptors (Lipinski definition) is 5. The zero-order valence-corrected chi connectivity index (χ0v) is 19.8. The summed E-state index contributed by atoms with van der Waals surface area (Å²) in [4.78, 5) is 34.2. The Morgan fingerprint density at radius 1 is 0.971 bits per heavy atom. The van der Waals surface area contributed by atoms with Gasteiger partial charge in [-0.25, -0.2) is 4.98 Å². The SMILES string of the molecule is O=C(CN1C(=O)COc2ccc(-c3csc(-c4ccccc4)n3)cc21)N1CCc2ccccc2C1. The van der Waals surface area contributed by atoms with Gasteiger partial charge in [-0.1, -0.05) is 54.6 Å². The highest BCUT2D eigenvalue weighted by Crippen LogP contribution is 2.37. The second kappa shape index (κ2) is 9.00. The highest BCUT2D eigenvalue weighted by atomic mass is 32.1. The minimum atomic E-state index is -0.219. The second-order valence-corrected chi connectivity index (χ2v) is 9.55. The van der Waals surface area contributed by atoms with E-state index in [4.69, 9.17) is 9.72 Å². The maximum atomic E-state index is 13.2. The Hall–Kier alpha value is -3.97. The molecule has 6 rings (SSSR count). The molecule has 3 aromatic carbocycles. The van der Waals surface area contributed by atoms with E-state index in [2.05, 4.69) is 12.1 Å². The Bertz CT molecular complexity index is 1420. The molecule has 0 radical (unpaired) electrons. The summed E-state index contributed by atoms with van der Waals surface area (Å²) in [5.41, 5.74) is 5.83. The van der Waals surface area contributed by atoms with Crippen molar-refractivity contribution in [2.75, 3.05) is 24.6 Å². The van der Waals surface area contributed by atoms with Crippen LogP contribution in [-0.2, 0) is 22.6 Å². The van der Waals surface area contributed by atoms with E-state index < -0.39 is 0 Å². The number of carbonyl (C=O) groups excluding carboxylic acids is 2. The van der Waals surface area contributed by atoms with Crippen molar-refractivity contribution in [1.29, 1.82) is 0 Å². The van der Waals surface area contributed by atoms with Gasteiger partial charge in [0.2, 0.25) is 5.91 Å². The molecule has 2 amide bonds. The molecule has 0 aliphatic carbocycles. The number of fused-ring (bicyclic) bond motifs is 2. The third kappa shape index (κ3) is 4.19. The molecule has 0 unspecified atom stereocenters. The predicted molar refractivity (Wildman–Crippen MR) is 136 cm³/mol. The molecule has 0 saturated heterocycles. The van der Waals surface area contributed by atoms with Crippen LogP contribution in [0.4, 0.5) is 5.69 Å². The van der Waals surface area contributed by atoms with Crippen LogP contribution in [0.2, 0.25) is 0 Å². The second-order valence-electron chi connectivity index (χ2n) is 8.69. The number of ether oxygens (including phenoxy) is 1. The normalized spacial score (nSPS) is 14.8. The minimum Gasteiger partial charge on any atom is -0.482 e. The van der Waals surface area contributed by atoms with E-state index in [-0.39, 0.29) is 25.0 Å². The summed E-state index contributed by atoms with van der Waals surface area (Å²) >= 11 is 1.58. The van der Waals surface area contributed by atoms with Crippen LogP contribution in [0, 0.1) is 0 Å². The molecular weight excluding hydrogens is 458 g/mol. The van der Waals surface area contributed by atoms with Crippen LogP contribution < -0.4 is 9.64 Å². The number of amides is 2. The number of benzene rings is 3. The highest BCUT2D eigenvalue weighted by Gasteiger charge is 2.30. The van der Waals surface area contributed by atoms with Crippen molar-refractivity contribution >= 4 is 28.8 Å². The summed E-state index contributed by atoms with van der Waals surface area (Å²) in [5.74, 6) is 0.318. The zero-order chi connectivity index (χ0) is 23.8. The molecule has 1 aromatic heterocycles. The lowest BCUT2D eigenvalue weighted by molar-refractivity contribution is -0.132. The molecule has 6 nitrogen and oxygen atoms in total. The molecule has 0 atom stereocenters. The van der Waals surface area contributed by atoms with Crippen LogP contribution in [0.15, 0.2) is 78.2 Å². The fraction of sp³-hybridized carbons (Fsp3) is 0.179. The van der Waals surface area contributed by atoms with Crippen LogP contribution in [0.5, 0.6) is 5.75 Å². The highest BCUT2D eigenvalue weighted by molar-refractivity contribution is 7.13. The molecule has 7 heteroatoms. The van der Waals surface area contributed by atoms with Crippen LogP contribution in [-0.4, -0.2) is 41.4 Å². The van der Waals surface area contributed by atoms with E-state index in [1.807, 2.05) is 70.9 Å². The first kappa shape index (κ1) is 21.6. The van der Waals surface area contributed by atoms with E-state index in [0.29, 0.717) is 24.5 Å². The molecule has 2 aliphatic rings. The zero-order valence-electron chi connectivity index (χ0n) is 19.0. The van der Waals surface area contributed by atoms with Gasteiger partial charge in [-0.15, -0.1) is 11.3 Å². The van der Waals surface area contributed by atoms with Gasteiger partial charge < -0.3 is 9.64 Å². The van der Waals surface area contributed by atoms with E-state index in [9.17, 15) is 9.59 Å². The Kier molecular flexibility index (Phi) is 5.54. The fourth-order valence-electron chi connectivity index (χ4n) is 4.60. The number of aromatic nitrogens is 1. The maximum Gasteiger partial charge on any atom is 0.265 e. The molecule has 35 heavy (non-hydrogen) atoms. The first-order chi connectivity index (χ1) is 17.2. The molecule has 0 fully saturated rings. The first-order valence-electron chi connectivity index (χ1n) is 11.6. The molecule has 0 bridgehead atoms. The van der Waals surface area contributed by atoms with E-state index >= 15 is 0 Å². The fourth-order valence-corrected chi connectivity index (χ4v) is 5.43. The third-order valence-electron chi connectivity index (χ3n) is 6.50. The topological polar surface area (TPSA) is 62.7 Å². The van der Waals surface area contributed by atoms with Crippen molar-refractivity contribution in [3.8, 4) is 27.6 Å². The van der Waals surface area contributed by atoms with E-state index in [0.717, 1.165) is 28.2 Å². The van der Waals surface area contributed by atoms with Gasteiger partial charge >= 0.3 is 0 Å². The lowest BCUT2D eigenvalue weighted by Gasteiger charge is -2.33. The summed E-state index contributed by atoms with van der Waals surface area (Å²) in [6.45, 7) is 1.15. The molecule has 0 saturated carbocycles. The average Bonchev–Trinajstić information content (AvgIpc) is 3.41. The summed E-state index contributed by atoms with van der Waals surface area (Å²) < 4.78 is 5.67. The monoisotopic (exact) mass is 481 g/mol.